The van der Waals surface area contributed by atoms with E-state index in [-0.39, 0.29) is 0 Å². The van der Waals surface area contributed by atoms with Gasteiger partial charge in [-0.15, -0.1) is 0 Å². The molecule has 0 radical (unpaired) electrons. The molecule has 3 nitrogen and oxygen atoms in total. The van der Waals surface area contributed by atoms with Crippen molar-refractivity contribution in [3.63, 3.8) is 0 Å². The molecule has 4 heteroatoms. The molecule has 0 N–H and O–H groups in total. The van der Waals surface area contributed by atoms with E-state index >= 15 is 0 Å². The van der Waals surface area contributed by atoms with Gasteiger partial charge < -0.3 is 4.57 Å². The van der Waals surface area contributed by atoms with Crippen molar-refractivity contribution in [3.05, 3.63) is 164 Å². The van der Waals surface area contributed by atoms with Gasteiger partial charge in [0.25, 0.3) is 0 Å². The van der Waals surface area contributed by atoms with Crippen LogP contribution < -0.4 is 0 Å². The van der Waals surface area contributed by atoms with Gasteiger partial charge in [0.05, 0.1) is 27.8 Å². The maximum absolute atomic E-state index is 2.50. The zero-order chi connectivity index (χ0) is 32.5. The molecule has 11 aromatic rings. The zero-order valence-corrected chi connectivity index (χ0v) is 27.7. The summed E-state index contributed by atoms with van der Waals surface area (Å²) in [6.07, 6.45) is 0. The minimum absolute atomic E-state index is 1.15. The van der Waals surface area contributed by atoms with Crippen LogP contribution in [0.15, 0.2) is 174 Å². The first-order valence-corrected chi connectivity index (χ1v) is 17.9. The van der Waals surface area contributed by atoms with E-state index in [4.69, 9.17) is 0 Å². The lowest BCUT2D eigenvalue weighted by molar-refractivity contribution is 1.03. The Morgan fingerprint density at radius 3 is 1.82 bits per heavy atom. The minimum atomic E-state index is 1.15. The Morgan fingerprint density at radius 1 is 0.340 bits per heavy atom. The minimum Gasteiger partial charge on any atom is -0.309 e. The summed E-state index contributed by atoms with van der Waals surface area (Å²) in [5.74, 6) is 0. The number of benzene rings is 8. The maximum atomic E-state index is 2.50. The van der Waals surface area contributed by atoms with Crippen LogP contribution in [-0.4, -0.2) is 13.7 Å². The Hall–Kier alpha value is -6.23. The highest BCUT2D eigenvalue weighted by molar-refractivity contribution is 7.99. The van der Waals surface area contributed by atoms with Gasteiger partial charge in [-0.3, -0.25) is 9.13 Å². The van der Waals surface area contributed by atoms with Crippen LogP contribution in [0.2, 0.25) is 0 Å². The van der Waals surface area contributed by atoms with Crippen molar-refractivity contribution < 1.29 is 0 Å². The standard InChI is InChI=1S/C46H27N3S/c1-3-12-32-28(10-1)21-27-39-42(32)36-26-20-29-11-2-4-13-33(29)44(36)47(39)30-22-24-31(25-23-30)48-37-16-6-5-14-34(37)43-35-15-9-19-41-45(35)49(46(43)48)38-17-7-8-18-40(38)50-41/h1-27H. The van der Waals surface area contributed by atoms with Gasteiger partial charge in [0.15, 0.2) is 0 Å². The molecule has 12 rings (SSSR count). The predicted molar refractivity (Wildman–Crippen MR) is 211 cm³/mol. The van der Waals surface area contributed by atoms with Crippen LogP contribution in [0, 0.1) is 0 Å². The summed E-state index contributed by atoms with van der Waals surface area (Å²) in [6.45, 7) is 0. The molecule has 0 spiro atoms. The van der Waals surface area contributed by atoms with Crippen LogP contribution in [0.1, 0.15) is 0 Å². The number of nitrogens with zero attached hydrogens (tertiary/aromatic N) is 3. The monoisotopic (exact) mass is 653 g/mol. The number of hydrogen-bond acceptors (Lipinski definition) is 1. The normalized spacial score (nSPS) is 12.7. The van der Waals surface area contributed by atoms with Crippen LogP contribution in [0.25, 0.3) is 93.3 Å². The lowest BCUT2D eigenvalue weighted by Crippen LogP contribution is -2.05. The third-order valence-corrected chi connectivity index (χ3v) is 11.9. The van der Waals surface area contributed by atoms with E-state index in [0.717, 1.165) is 11.4 Å². The van der Waals surface area contributed by atoms with Gasteiger partial charge in [-0.1, -0.05) is 121 Å². The molecule has 0 saturated heterocycles. The van der Waals surface area contributed by atoms with Crippen molar-refractivity contribution in [1.29, 1.82) is 0 Å². The van der Waals surface area contributed by atoms with E-state index in [1.165, 1.54) is 91.7 Å². The van der Waals surface area contributed by atoms with E-state index in [1.807, 2.05) is 11.8 Å². The molecule has 8 aromatic carbocycles. The second-order valence-corrected chi connectivity index (χ2v) is 14.4. The molecule has 0 unspecified atom stereocenters. The third kappa shape index (κ3) is 3.36. The molecule has 0 bridgehead atoms. The van der Waals surface area contributed by atoms with Gasteiger partial charge in [0, 0.05) is 53.5 Å². The number of aromatic nitrogens is 3. The molecular formula is C46H27N3S. The van der Waals surface area contributed by atoms with Gasteiger partial charge in [-0.25, -0.2) is 0 Å². The summed E-state index contributed by atoms with van der Waals surface area (Å²) >= 11 is 1.87. The van der Waals surface area contributed by atoms with Crippen LogP contribution >= 0.6 is 11.8 Å². The van der Waals surface area contributed by atoms with Crippen LogP contribution in [0.4, 0.5) is 0 Å². The van der Waals surface area contributed by atoms with Crippen molar-refractivity contribution in [1.82, 2.24) is 13.7 Å². The molecule has 0 atom stereocenters. The quantitative estimate of drug-likeness (QED) is 0.181. The molecule has 232 valence electrons. The van der Waals surface area contributed by atoms with E-state index in [1.54, 1.807) is 0 Å². The SMILES string of the molecule is c1ccc2c(c1)Sc1cccc3c4c5ccccc5n(-c5ccc(-n6c7ccc8ccccc8c7c7ccc8ccccc8c76)cc5)c4n-2c13. The number of rotatable bonds is 2. The van der Waals surface area contributed by atoms with Crippen molar-refractivity contribution in [2.24, 2.45) is 0 Å². The Balaban J connectivity index is 1.16. The first-order chi connectivity index (χ1) is 24.8. The highest BCUT2D eigenvalue weighted by Gasteiger charge is 2.27. The highest BCUT2D eigenvalue weighted by atomic mass is 32.2. The second-order valence-electron chi connectivity index (χ2n) is 13.3. The largest absolute Gasteiger partial charge is 0.309 e. The van der Waals surface area contributed by atoms with Gasteiger partial charge >= 0.3 is 0 Å². The summed E-state index contributed by atoms with van der Waals surface area (Å²) in [4.78, 5) is 2.58. The fraction of sp³-hybridized carbons (Fsp3) is 0. The van der Waals surface area contributed by atoms with Gasteiger partial charge in [-0.05, 0) is 70.8 Å². The topological polar surface area (TPSA) is 14.8 Å². The predicted octanol–water partition coefficient (Wildman–Crippen LogP) is 12.6. The summed E-state index contributed by atoms with van der Waals surface area (Å²) in [6, 6.07) is 60.3. The van der Waals surface area contributed by atoms with Crippen LogP contribution in [0.5, 0.6) is 0 Å². The molecule has 50 heavy (non-hydrogen) atoms. The molecule has 1 aliphatic rings. The van der Waals surface area contributed by atoms with E-state index in [0.29, 0.717) is 0 Å². The lowest BCUT2D eigenvalue weighted by Gasteiger charge is -2.21. The van der Waals surface area contributed by atoms with Crippen molar-refractivity contribution in [2.75, 3.05) is 0 Å². The Morgan fingerprint density at radius 2 is 0.960 bits per heavy atom. The molecule has 1 aliphatic heterocycles. The Kier molecular flexibility index (Phi) is 5.17. The number of hydrogen-bond donors (Lipinski definition) is 0. The summed E-state index contributed by atoms with van der Waals surface area (Å²) in [7, 11) is 0. The fourth-order valence-electron chi connectivity index (χ4n) is 8.76. The van der Waals surface area contributed by atoms with E-state index in [2.05, 4.69) is 177 Å². The molecule has 4 heterocycles. The number of fused-ring (bicyclic) bond motifs is 14. The number of para-hydroxylation sites is 3. The van der Waals surface area contributed by atoms with Crippen LogP contribution in [-0.2, 0) is 0 Å². The van der Waals surface area contributed by atoms with Crippen molar-refractivity contribution in [2.45, 2.75) is 9.79 Å². The van der Waals surface area contributed by atoms with E-state index in [9.17, 15) is 0 Å². The van der Waals surface area contributed by atoms with E-state index < -0.39 is 0 Å². The van der Waals surface area contributed by atoms with Gasteiger partial charge in [0.2, 0.25) is 0 Å². The van der Waals surface area contributed by atoms with Gasteiger partial charge in [-0.2, -0.15) is 0 Å². The first-order valence-electron chi connectivity index (χ1n) is 17.1. The lowest BCUT2D eigenvalue weighted by atomic mass is 10.0. The first kappa shape index (κ1) is 26.7. The summed E-state index contributed by atoms with van der Waals surface area (Å²) in [5, 5.41) is 11.5. The molecule has 0 amide bonds. The molecule has 0 aliphatic carbocycles. The van der Waals surface area contributed by atoms with Crippen molar-refractivity contribution >= 4 is 88.0 Å². The Labute approximate surface area is 291 Å². The second kappa shape index (κ2) is 9.69. The molecule has 0 saturated carbocycles. The Bertz CT molecular complexity index is 3230. The fourth-order valence-corrected chi connectivity index (χ4v) is 9.85. The average molecular weight is 654 g/mol. The maximum Gasteiger partial charge on any atom is 0.131 e. The van der Waals surface area contributed by atoms with Crippen LogP contribution in [0.3, 0.4) is 0 Å². The highest BCUT2D eigenvalue weighted by Crippen LogP contribution is 2.49. The molecule has 3 aromatic heterocycles. The summed E-state index contributed by atoms with van der Waals surface area (Å²) < 4.78 is 7.45. The average Bonchev–Trinajstić information content (AvgIpc) is 3.82. The van der Waals surface area contributed by atoms with Gasteiger partial charge in [0.1, 0.15) is 5.65 Å². The zero-order valence-electron chi connectivity index (χ0n) is 26.8. The molecule has 0 fully saturated rings. The molecular weight excluding hydrogens is 627 g/mol. The smallest absolute Gasteiger partial charge is 0.131 e. The summed E-state index contributed by atoms with van der Waals surface area (Å²) in [5.41, 5.74) is 9.73. The van der Waals surface area contributed by atoms with Crippen molar-refractivity contribution in [3.8, 4) is 17.1 Å². The third-order valence-electron chi connectivity index (χ3n) is 10.8.